The fourth-order valence-corrected chi connectivity index (χ4v) is 2.89. The van der Waals surface area contributed by atoms with E-state index in [0.29, 0.717) is 29.7 Å². The standard InChI is InChI=1S/C21H30BrClFNO3/c1-4-17-14-18(26-13-10-20(22)24)15-19(23)21(17)27-11-8-6-5-7-9-12-28-25-16(2)3/h10,14-15H,4-9,11-13H2,1-3H3/b20-10-. The average molecular weight is 479 g/mol. The van der Waals surface area contributed by atoms with Crippen LogP contribution in [-0.4, -0.2) is 25.5 Å². The molecule has 1 aromatic rings. The Hall–Kier alpha value is -1.27. The molecule has 0 aliphatic heterocycles. The number of hydrogen-bond acceptors (Lipinski definition) is 4. The van der Waals surface area contributed by atoms with Crippen LogP contribution in [0.2, 0.25) is 5.02 Å². The summed E-state index contributed by atoms with van der Waals surface area (Å²) in [4.78, 5) is 5.18. The molecule has 28 heavy (non-hydrogen) atoms. The zero-order valence-electron chi connectivity index (χ0n) is 16.9. The van der Waals surface area contributed by atoms with Gasteiger partial charge in [0.15, 0.2) is 4.74 Å². The van der Waals surface area contributed by atoms with E-state index < -0.39 is 4.74 Å². The van der Waals surface area contributed by atoms with Gasteiger partial charge in [-0.05, 0) is 73.2 Å². The van der Waals surface area contributed by atoms with Crippen LogP contribution in [0.15, 0.2) is 28.1 Å². The van der Waals surface area contributed by atoms with Crippen LogP contribution in [0, 0.1) is 0 Å². The summed E-state index contributed by atoms with van der Waals surface area (Å²) in [5.41, 5.74) is 1.92. The highest BCUT2D eigenvalue weighted by atomic mass is 79.9. The third-order valence-corrected chi connectivity index (χ3v) is 4.44. The predicted octanol–water partition coefficient (Wildman–Crippen LogP) is 7.23. The molecule has 0 aliphatic rings. The second-order valence-electron chi connectivity index (χ2n) is 6.54. The van der Waals surface area contributed by atoms with Crippen LogP contribution < -0.4 is 9.47 Å². The highest BCUT2D eigenvalue weighted by molar-refractivity contribution is 9.11. The molecule has 0 bridgehead atoms. The molecule has 0 radical (unpaired) electrons. The Morgan fingerprint density at radius 1 is 1.11 bits per heavy atom. The molecular formula is C21H30BrClFNO3. The van der Waals surface area contributed by atoms with E-state index in [4.69, 9.17) is 25.9 Å². The molecule has 158 valence electrons. The van der Waals surface area contributed by atoms with E-state index in [-0.39, 0.29) is 6.61 Å². The van der Waals surface area contributed by atoms with Crippen molar-refractivity contribution in [2.45, 2.75) is 59.3 Å². The van der Waals surface area contributed by atoms with Crippen LogP contribution in [-0.2, 0) is 11.3 Å². The SMILES string of the molecule is CCc1cc(OC/C=C(\F)Br)cc(Cl)c1OCCCCCCCON=C(C)C. The minimum absolute atomic E-state index is 0.131. The topological polar surface area (TPSA) is 40.0 Å². The minimum Gasteiger partial charge on any atom is -0.492 e. The summed E-state index contributed by atoms with van der Waals surface area (Å²) in [5.74, 6) is 1.31. The maximum atomic E-state index is 12.7. The average Bonchev–Trinajstić information content (AvgIpc) is 2.63. The molecule has 0 aliphatic carbocycles. The molecule has 0 heterocycles. The number of halogens is 3. The number of rotatable bonds is 14. The van der Waals surface area contributed by atoms with Crippen LogP contribution in [0.4, 0.5) is 4.39 Å². The third kappa shape index (κ3) is 10.9. The van der Waals surface area contributed by atoms with Crippen LogP contribution >= 0.6 is 27.5 Å². The molecule has 7 heteroatoms. The lowest BCUT2D eigenvalue weighted by Crippen LogP contribution is -2.02. The van der Waals surface area contributed by atoms with Crippen LogP contribution in [0.5, 0.6) is 11.5 Å². The molecule has 0 amide bonds. The van der Waals surface area contributed by atoms with Crippen molar-refractivity contribution in [3.05, 3.63) is 33.5 Å². The van der Waals surface area contributed by atoms with E-state index in [1.54, 1.807) is 6.07 Å². The van der Waals surface area contributed by atoms with Gasteiger partial charge in [0.2, 0.25) is 0 Å². The maximum Gasteiger partial charge on any atom is 0.165 e. The lowest BCUT2D eigenvalue weighted by Gasteiger charge is -2.14. The Morgan fingerprint density at radius 3 is 2.43 bits per heavy atom. The summed E-state index contributed by atoms with van der Waals surface area (Å²) < 4.78 is 23.6. The molecule has 0 atom stereocenters. The van der Waals surface area contributed by atoms with Crippen molar-refractivity contribution in [2.75, 3.05) is 19.8 Å². The van der Waals surface area contributed by atoms with Gasteiger partial charge in [-0.1, -0.05) is 36.5 Å². The van der Waals surface area contributed by atoms with Crippen molar-refractivity contribution in [1.82, 2.24) is 0 Å². The molecule has 4 nitrogen and oxygen atoms in total. The first kappa shape index (κ1) is 24.8. The summed E-state index contributed by atoms with van der Waals surface area (Å²) in [6.07, 6.45) is 7.41. The van der Waals surface area contributed by atoms with Crippen LogP contribution in [0.3, 0.4) is 0 Å². The molecule has 0 aromatic heterocycles. The highest BCUT2D eigenvalue weighted by Crippen LogP contribution is 2.34. The van der Waals surface area contributed by atoms with Gasteiger partial charge in [-0.3, -0.25) is 0 Å². The second-order valence-corrected chi connectivity index (χ2v) is 7.70. The van der Waals surface area contributed by atoms with E-state index in [1.807, 2.05) is 26.8 Å². The van der Waals surface area contributed by atoms with E-state index in [2.05, 4.69) is 21.1 Å². The Bertz CT molecular complexity index is 645. The summed E-state index contributed by atoms with van der Waals surface area (Å²) >= 11 is 9.09. The first-order valence-corrected chi connectivity index (χ1v) is 10.8. The largest absolute Gasteiger partial charge is 0.492 e. The second kappa shape index (κ2) is 14.7. The van der Waals surface area contributed by atoms with E-state index in [9.17, 15) is 4.39 Å². The van der Waals surface area contributed by atoms with Gasteiger partial charge in [0.05, 0.1) is 17.3 Å². The van der Waals surface area contributed by atoms with Gasteiger partial charge in [-0.15, -0.1) is 0 Å². The molecule has 1 rings (SSSR count). The zero-order chi connectivity index (χ0) is 20.8. The Morgan fingerprint density at radius 2 is 1.79 bits per heavy atom. The summed E-state index contributed by atoms with van der Waals surface area (Å²) in [6, 6.07) is 3.60. The molecular weight excluding hydrogens is 449 g/mol. The van der Waals surface area contributed by atoms with Crippen molar-refractivity contribution >= 4 is 33.2 Å². The molecule has 0 fully saturated rings. The normalized spacial score (nSPS) is 11.3. The maximum absolute atomic E-state index is 12.7. The molecule has 0 N–H and O–H groups in total. The first-order chi connectivity index (χ1) is 13.4. The number of hydrogen-bond donors (Lipinski definition) is 0. The summed E-state index contributed by atoms with van der Waals surface area (Å²) in [6.45, 7) is 7.29. The number of unbranched alkanes of at least 4 members (excludes halogenated alkanes) is 4. The fourth-order valence-electron chi connectivity index (χ4n) is 2.48. The fraction of sp³-hybridized carbons (Fsp3) is 0.571. The quantitative estimate of drug-likeness (QED) is 0.161. The monoisotopic (exact) mass is 477 g/mol. The lowest BCUT2D eigenvalue weighted by atomic mass is 10.1. The van der Waals surface area contributed by atoms with Gasteiger partial charge < -0.3 is 14.3 Å². The number of aryl methyl sites for hydroxylation is 1. The lowest BCUT2D eigenvalue weighted by molar-refractivity contribution is 0.139. The van der Waals surface area contributed by atoms with Gasteiger partial charge in [0, 0.05) is 6.07 Å². The Labute approximate surface area is 181 Å². The van der Waals surface area contributed by atoms with Gasteiger partial charge in [0.25, 0.3) is 0 Å². The summed E-state index contributed by atoms with van der Waals surface area (Å²) in [7, 11) is 0. The van der Waals surface area contributed by atoms with E-state index in [1.165, 1.54) is 6.08 Å². The first-order valence-electron chi connectivity index (χ1n) is 9.66. The smallest absolute Gasteiger partial charge is 0.165 e. The number of nitrogens with zero attached hydrogens (tertiary/aromatic N) is 1. The van der Waals surface area contributed by atoms with Gasteiger partial charge >= 0.3 is 0 Å². The zero-order valence-corrected chi connectivity index (χ0v) is 19.2. The minimum atomic E-state index is -0.452. The van der Waals surface area contributed by atoms with Gasteiger partial charge in [0.1, 0.15) is 24.7 Å². The predicted molar refractivity (Wildman–Crippen MR) is 118 cm³/mol. The Balaban J connectivity index is 2.33. The molecule has 0 saturated carbocycles. The number of ether oxygens (including phenoxy) is 2. The van der Waals surface area contributed by atoms with Crippen LogP contribution in [0.25, 0.3) is 0 Å². The van der Waals surface area contributed by atoms with E-state index >= 15 is 0 Å². The van der Waals surface area contributed by atoms with Crippen molar-refractivity contribution < 1.29 is 18.7 Å². The van der Waals surface area contributed by atoms with Gasteiger partial charge in [-0.2, -0.15) is 4.39 Å². The van der Waals surface area contributed by atoms with Gasteiger partial charge in [-0.25, -0.2) is 0 Å². The van der Waals surface area contributed by atoms with Crippen LogP contribution in [0.1, 0.15) is 58.4 Å². The van der Waals surface area contributed by atoms with Crippen molar-refractivity contribution in [2.24, 2.45) is 5.16 Å². The Kier molecular flexibility index (Phi) is 13.0. The number of benzene rings is 1. The van der Waals surface area contributed by atoms with Crippen molar-refractivity contribution in [1.29, 1.82) is 0 Å². The van der Waals surface area contributed by atoms with Crippen molar-refractivity contribution in [3.8, 4) is 11.5 Å². The highest BCUT2D eigenvalue weighted by Gasteiger charge is 2.11. The van der Waals surface area contributed by atoms with E-state index in [0.717, 1.165) is 49.8 Å². The third-order valence-electron chi connectivity index (χ3n) is 3.84. The molecule has 0 unspecified atom stereocenters. The molecule has 0 saturated heterocycles. The van der Waals surface area contributed by atoms with Crippen molar-refractivity contribution in [3.63, 3.8) is 0 Å². The molecule has 1 aromatic carbocycles. The number of oxime groups is 1. The summed E-state index contributed by atoms with van der Waals surface area (Å²) in [5, 5.41) is 4.43. The molecule has 0 spiro atoms.